The van der Waals surface area contributed by atoms with Crippen LogP contribution in [0.25, 0.3) is 10.9 Å². The van der Waals surface area contributed by atoms with E-state index < -0.39 is 35.1 Å². The zero-order valence-electron chi connectivity index (χ0n) is 34.4. The molecule has 3 unspecified atom stereocenters. The van der Waals surface area contributed by atoms with E-state index in [2.05, 4.69) is 57.2 Å². The Morgan fingerprint density at radius 2 is 1.67 bits per heavy atom. The van der Waals surface area contributed by atoms with E-state index in [9.17, 15) is 29.2 Å². The SMILES string of the molecule is CC1(C)C(NC(=O)c2ccc(N3CCC(CN4CCN(c5ccc6c(c5)C(=O)N(C5CCC(=O)NC5=O)C6=O)CC4)CC3)nc2)C2(C)c3ccnc4c(C#N)ccc(c34)O[C@@H]12. The summed E-state index contributed by atoms with van der Waals surface area (Å²) in [5.74, 6) is -0.0481. The zero-order chi connectivity index (χ0) is 42.4. The van der Waals surface area contributed by atoms with Crippen molar-refractivity contribution in [1.82, 2.24) is 30.4 Å². The van der Waals surface area contributed by atoms with Crippen LogP contribution in [0, 0.1) is 22.7 Å². The minimum absolute atomic E-state index is 0.0871. The molecule has 4 aromatic rings. The summed E-state index contributed by atoms with van der Waals surface area (Å²) >= 11 is 0. The highest BCUT2D eigenvalue weighted by Gasteiger charge is 2.69. The number of nitrogens with zero attached hydrogens (tertiary/aromatic N) is 7. The second kappa shape index (κ2) is 14.4. The minimum Gasteiger partial charge on any atom is -0.488 e. The Hall–Kier alpha value is -6.40. The van der Waals surface area contributed by atoms with Gasteiger partial charge in [-0.15, -0.1) is 0 Å². The molecule has 312 valence electrons. The molecular formula is C46H47N9O6. The Morgan fingerprint density at radius 1 is 0.902 bits per heavy atom. The van der Waals surface area contributed by atoms with E-state index in [1.165, 1.54) is 0 Å². The lowest BCUT2D eigenvalue weighted by molar-refractivity contribution is -0.136. The van der Waals surface area contributed by atoms with Gasteiger partial charge < -0.3 is 19.9 Å². The van der Waals surface area contributed by atoms with Gasteiger partial charge in [-0.2, -0.15) is 5.26 Å². The lowest BCUT2D eigenvalue weighted by atomic mass is 9.45. The van der Waals surface area contributed by atoms with Gasteiger partial charge >= 0.3 is 0 Å². The third-order valence-corrected chi connectivity index (χ3v) is 14.3. The van der Waals surface area contributed by atoms with E-state index in [1.807, 2.05) is 30.3 Å². The molecular weight excluding hydrogens is 775 g/mol. The van der Waals surface area contributed by atoms with Gasteiger partial charge in [0.1, 0.15) is 29.8 Å². The average Bonchev–Trinajstić information content (AvgIpc) is 3.52. The van der Waals surface area contributed by atoms with Crippen molar-refractivity contribution < 1.29 is 28.7 Å². The van der Waals surface area contributed by atoms with Gasteiger partial charge in [-0.3, -0.25) is 44.1 Å². The topological polar surface area (TPSA) is 181 Å². The van der Waals surface area contributed by atoms with Gasteiger partial charge in [0.25, 0.3) is 17.7 Å². The number of nitriles is 1. The number of piperidine rings is 2. The number of aromatic nitrogens is 2. The summed E-state index contributed by atoms with van der Waals surface area (Å²) in [5.41, 5.74) is 3.21. The molecule has 1 saturated carbocycles. The third kappa shape index (κ3) is 6.13. The van der Waals surface area contributed by atoms with Gasteiger partial charge in [0.15, 0.2) is 0 Å². The molecule has 10 rings (SSSR count). The third-order valence-electron chi connectivity index (χ3n) is 14.3. The summed E-state index contributed by atoms with van der Waals surface area (Å²) in [5, 5.41) is 16.2. The van der Waals surface area contributed by atoms with Crippen molar-refractivity contribution in [2.24, 2.45) is 11.3 Å². The van der Waals surface area contributed by atoms with Crippen LogP contribution in [0.2, 0.25) is 0 Å². The molecule has 2 N–H and O–H groups in total. The molecule has 15 heteroatoms. The number of fused-ring (bicyclic) bond motifs is 3. The fraction of sp³-hybridized carbons (Fsp3) is 0.435. The molecule has 7 heterocycles. The molecule has 0 radical (unpaired) electrons. The number of ether oxygens (including phenoxy) is 1. The molecule has 4 fully saturated rings. The fourth-order valence-electron chi connectivity index (χ4n) is 11.1. The number of nitrogens with one attached hydrogen (secondary N) is 2. The number of amides is 5. The molecule has 61 heavy (non-hydrogen) atoms. The smallest absolute Gasteiger partial charge is 0.262 e. The van der Waals surface area contributed by atoms with Gasteiger partial charge in [-0.1, -0.05) is 13.8 Å². The van der Waals surface area contributed by atoms with Crippen molar-refractivity contribution in [3.05, 3.63) is 88.7 Å². The van der Waals surface area contributed by atoms with Crippen LogP contribution in [0.3, 0.4) is 0 Å². The van der Waals surface area contributed by atoms with Crippen molar-refractivity contribution in [3.63, 3.8) is 0 Å². The first-order valence-electron chi connectivity index (χ1n) is 21.2. The standard InChI is InChI=1S/C46H47N9O6/c1-45(2)43(46(3)32-12-15-48-38-27(23-47)4-9-34(37(32)38)61-44(45)46)51-39(57)28-5-10-35(49-24-28)54-16-13-26(14-17-54)25-52-18-20-53(21-19-52)29-6-7-30-31(22-29)42(60)55(41(30)59)33-8-11-36(56)50-40(33)58/h4-7,9-10,12,15,22,24,26,33,43-44H,8,11,13-14,16-21,25H2,1-3H3,(H,51,57)(H,50,56,58)/t33?,43?,44-,46?/m0/s1. The van der Waals surface area contributed by atoms with E-state index in [-0.39, 0.29) is 41.9 Å². The maximum atomic E-state index is 13.8. The second-order valence-electron chi connectivity index (χ2n) is 18.1. The highest BCUT2D eigenvalue weighted by atomic mass is 16.5. The highest BCUT2D eigenvalue weighted by Crippen LogP contribution is 2.61. The van der Waals surface area contributed by atoms with E-state index in [4.69, 9.17) is 9.72 Å². The normalized spacial score (nSPS) is 25.9. The highest BCUT2D eigenvalue weighted by molar-refractivity contribution is 6.23. The Labute approximate surface area is 353 Å². The molecule has 3 saturated heterocycles. The van der Waals surface area contributed by atoms with Crippen LogP contribution in [0.5, 0.6) is 5.75 Å². The zero-order valence-corrected chi connectivity index (χ0v) is 34.4. The Morgan fingerprint density at radius 3 is 2.39 bits per heavy atom. The molecule has 2 aromatic carbocycles. The first kappa shape index (κ1) is 38.8. The van der Waals surface area contributed by atoms with Crippen LogP contribution in [-0.2, 0) is 15.0 Å². The molecule has 5 amide bonds. The Kier molecular flexibility index (Phi) is 9.13. The predicted octanol–water partition coefficient (Wildman–Crippen LogP) is 3.80. The van der Waals surface area contributed by atoms with E-state index >= 15 is 0 Å². The first-order valence-corrected chi connectivity index (χ1v) is 21.2. The van der Waals surface area contributed by atoms with Gasteiger partial charge in [0, 0.05) is 81.1 Å². The van der Waals surface area contributed by atoms with Crippen LogP contribution < -0.4 is 25.2 Å². The summed E-state index contributed by atoms with van der Waals surface area (Å²) in [7, 11) is 0. The molecule has 6 aliphatic rings. The monoisotopic (exact) mass is 821 g/mol. The first-order chi connectivity index (χ1) is 29.4. The Balaban J connectivity index is 0.719. The van der Waals surface area contributed by atoms with Crippen LogP contribution in [0.15, 0.2) is 60.9 Å². The quantitative estimate of drug-likeness (QED) is 0.258. The van der Waals surface area contributed by atoms with Crippen LogP contribution in [0.1, 0.15) is 88.7 Å². The Bertz CT molecular complexity index is 2570. The van der Waals surface area contributed by atoms with Crippen LogP contribution >= 0.6 is 0 Å². The number of imide groups is 2. The molecule has 4 atom stereocenters. The number of carbonyl (C=O) groups is 5. The van der Waals surface area contributed by atoms with E-state index in [1.54, 1.807) is 30.6 Å². The van der Waals surface area contributed by atoms with Crippen LogP contribution in [-0.4, -0.2) is 113 Å². The number of hydrogen-bond donors (Lipinski definition) is 2. The lowest BCUT2D eigenvalue weighted by Crippen LogP contribution is -2.78. The van der Waals surface area contributed by atoms with Gasteiger partial charge in [-0.05, 0) is 86.2 Å². The van der Waals surface area contributed by atoms with Crippen LogP contribution in [0.4, 0.5) is 11.5 Å². The number of benzene rings is 2. The van der Waals surface area contributed by atoms with Crippen molar-refractivity contribution >= 4 is 51.9 Å². The summed E-state index contributed by atoms with van der Waals surface area (Å²) < 4.78 is 6.57. The largest absolute Gasteiger partial charge is 0.488 e. The van der Waals surface area contributed by atoms with E-state index in [0.717, 1.165) is 91.8 Å². The molecule has 0 spiro atoms. The van der Waals surface area contributed by atoms with Gasteiger partial charge in [-0.25, -0.2) is 4.98 Å². The predicted molar refractivity (Wildman–Crippen MR) is 224 cm³/mol. The average molecular weight is 822 g/mol. The minimum atomic E-state index is -0.979. The number of anilines is 2. The van der Waals surface area contributed by atoms with Crippen molar-refractivity contribution in [2.75, 3.05) is 55.6 Å². The van der Waals surface area contributed by atoms with Crippen molar-refractivity contribution in [1.29, 1.82) is 5.26 Å². The number of piperazine rings is 1. The second-order valence-corrected chi connectivity index (χ2v) is 18.1. The summed E-state index contributed by atoms with van der Waals surface area (Å²) in [6.45, 7) is 12.5. The summed E-state index contributed by atoms with van der Waals surface area (Å²) in [4.78, 5) is 81.7. The number of carbonyl (C=O) groups excluding carboxylic acids is 5. The molecule has 1 aliphatic carbocycles. The number of rotatable bonds is 7. The number of hydrogen-bond acceptors (Lipinski definition) is 12. The maximum absolute atomic E-state index is 13.8. The molecule has 15 nitrogen and oxygen atoms in total. The summed E-state index contributed by atoms with van der Waals surface area (Å²) in [6.07, 6.45) is 5.52. The van der Waals surface area contributed by atoms with Crippen molar-refractivity contribution in [2.45, 2.75) is 70.1 Å². The maximum Gasteiger partial charge on any atom is 0.262 e. The van der Waals surface area contributed by atoms with E-state index in [0.29, 0.717) is 28.1 Å². The molecule has 2 aromatic heterocycles. The van der Waals surface area contributed by atoms with Gasteiger partial charge in [0.2, 0.25) is 11.8 Å². The molecule has 0 bridgehead atoms. The summed E-state index contributed by atoms with van der Waals surface area (Å²) in [6, 6.07) is 15.7. The molecule has 5 aliphatic heterocycles. The fourth-order valence-corrected chi connectivity index (χ4v) is 11.1. The number of pyridine rings is 2. The lowest BCUT2D eigenvalue weighted by Gasteiger charge is -2.66. The van der Waals surface area contributed by atoms with Gasteiger partial charge in [0.05, 0.1) is 39.2 Å². The van der Waals surface area contributed by atoms with Crippen molar-refractivity contribution in [3.8, 4) is 11.8 Å².